The Labute approximate surface area is 96.1 Å². The lowest BCUT2D eigenvalue weighted by Gasteiger charge is -2.17. The number of carbonyl (C=O) groups is 1. The van der Waals surface area contributed by atoms with Gasteiger partial charge in [-0.05, 0) is 11.6 Å². The average molecular weight is 241 g/mol. The van der Waals surface area contributed by atoms with Gasteiger partial charge in [-0.1, -0.05) is 0 Å². The Morgan fingerprint density at radius 3 is 2.53 bits per heavy atom. The Morgan fingerprint density at radius 1 is 1.41 bits per heavy atom. The van der Waals surface area contributed by atoms with Gasteiger partial charge >= 0.3 is 0 Å². The van der Waals surface area contributed by atoms with Crippen molar-refractivity contribution >= 4 is 12.0 Å². The molecule has 2 unspecified atom stereocenters. The Kier molecular flexibility index (Phi) is 4.27. The highest BCUT2D eigenvalue weighted by molar-refractivity contribution is 5.79. The summed E-state index contributed by atoms with van der Waals surface area (Å²) in [5.41, 5.74) is -0.354. The predicted octanol–water partition coefficient (Wildman–Crippen LogP) is -0.206. The van der Waals surface area contributed by atoms with Gasteiger partial charge in [0.2, 0.25) is 0 Å². The van der Waals surface area contributed by atoms with Crippen molar-refractivity contribution < 1.29 is 25.0 Å². The zero-order valence-electron chi connectivity index (χ0n) is 8.68. The molecule has 0 heterocycles. The molecule has 3 N–H and O–H groups in total. The van der Waals surface area contributed by atoms with E-state index in [0.717, 1.165) is 12.1 Å². The van der Waals surface area contributed by atoms with Crippen molar-refractivity contribution in [3.8, 4) is 0 Å². The first-order valence-corrected chi connectivity index (χ1v) is 4.71. The molecule has 0 bridgehead atoms. The summed E-state index contributed by atoms with van der Waals surface area (Å²) in [7, 11) is 0. The number of nitro groups is 1. The highest BCUT2D eigenvalue weighted by atomic mass is 16.6. The number of nitrogens with zero attached hydrogens (tertiary/aromatic N) is 1. The van der Waals surface area contributed by atoms with Crippen LogP contribution in [0.2, 0.25) is 0 Å². The quantitative estimate of drug-likeness (QED) is 0.372. The molecular weight excluding hydrogens is 230 g/mol. The van der Waals surface area contributed by atoms with Crippen LogP contribution in [0.15, 0.2) is 18.2 Å². The van der Waals surface area contributed by atoms with Gasteiger partial charge in [0.25, 0.3) is 5.69 Å². The van der Waals surface area contributed by atoms with Crippen molar-refractivity contribution in [2.75, 3.05) is 6.61 Å². The predicted molar refractivity (Wildman–Crippen MR) is 56.5 cm³/mol. The van der Waals surface area contributed by atoms with Crippen LogP contribution in [-0.2, 0) is 0 Å². The first kappa shape index (κ1) is 13.2. The minimum absolute atomic E-state index is 0.0344. The fraction of sp³-hybridized carbons (Fsp3) is 0.300. The van der Waals surface area contributed by atoms with E-state index in [-0.39, 0.29) is 16.8 Å². The Balaban J connectivity index is 3.17. The summed E-state index contributed by atoms with van der Waals surface area (Å²) >= 11 is 0. The summed E-state index contributed by atoms with van der Waals surface area (Å²) in [6.45, 7) is -0.684. The average Bonchev–Trinajstić information content (AvgIpc) is 2.35. The molecule has 0 saturated carbocycles. The molecule has 1 aromatic carbocycles. The molecule has 92 valence electrons. The highest BCUT2D eigenvalue weighted by Gasteiger charge is 2.22. The van der Waals surface area contributed by atoms with Crippen LogP contribution in [0.25, 0.3) is 0 Å². The standard InChI is InChI=1S/C10H11NO6/c12-4-6-3-7(11(16)17)1-2-8(6)10(15)9(14)5-13/h1-4,9-10,13-15H,5H2. The second-order valence-corrected chi connectivity index (χ2v) is 3.38. The molecule has 0 aliphatic rings. The molecule has 17 heavy (non-hydrogen) atoms. The van der Waals surface area contributed by atoms with Crippen LogP contribution in [0.3, 0.4) is 0 Å². The molecule has 2 atom stereocenters. The van der Waals surface area contributed by atoms with Gasteiger partial charge in [0.15, 0.2) is 6.29 Å². The molecule has 7 heteroatoms. The van der Waals surface area contributed by atoms with E-state index in [2.05, 4.69) is 0 Å². The van der Waals surface area contributed by atoms with Crippen molar-refractivity contribution in [2.45, 2.75) is 12.2 Å². The van der Waals surface area contributed by atoms with E-state index in [1.54, 1.807) is 0 Å². The maximum absolute atomic E-state index is 10.7. The largest absolute Gasteiger partial charge is 0.394 e. The van der Waals surface area contributed by atoms with Crippen molar-refractivity contribution in [1.82, 2.24) is 0 Å². The number of aliphatic hydroxyl groups excluding tert-OH is 3. The molecule has 1 aromatic rings. The third-order valence-corrected chi connectivity index (χ3v) is 2.28. The number of carbonyl (C=O) groups excluding carboxylic acids is 1. The monoisotopic (exact) mass is 241 g/mol. The topological polar surface area (TPSA) is 121 Å². The van der Waals surface area contributed by atoms with E-state index in [1.807, 2.05) is 0 Å². The lowest BCUT2D eigenvalue weighted by atomic mass is 9.99. The van der Waals surface area contributed by atoms with Crippen molar-refractivity contribution in [3.63, 3.8) is 0 Å². The smallest absolute Gasteiger partial charge is 0.270 e. The Bertz CT molecular complexity index is 433. The number of aldehydes is 1. The molecule has 7 nitrogen and oxygen atoms in total. The van der Waals surface area contributed by atoms with E-state index in [1.165, 1.54) is 6.07 Å². The van der Waals surface area contributed by atoms with E-state index in [9.17, 15) is 25.1 Å². The molecule has 0 spiro atoms. The second kappa shape index (κ2) is 5.48. The summed E-state index contributed by atoms with van der Waals surface area (Å²) in [6, 6.07) is 3.27. The van der Waals surface area contributed by atoms with Gasteiger partial charge in [-0.25, -0.2) is 0 Å². The molecule has 0 fully saturated rings. The van der Waals surface area contributed by atoms with Gasteiger partial charge in [-0.3, -0.25) is 14.9 Å². The molecule has 0 aromatic heterocycles. The van der Waals surface area contributed by atoms with Crippen LogP contribution < -0.4 is 0 Å². The normalized spacial score (nSPS) is 14.1. The van der Waals surface area contributed by atoms with E-state index in [4.69, 9.17) is 5.11 Å². The van der Waals surface area contributed by atoms with Crippen LogP contribution in [-0.4, -0.2) is 39.2 Å². The first-order valence-electron chi connectivity index (χ1n) is 4.71. The summed E-state index contributed by atoms with van der Waals surface area (Å²) in [5, 5.41) is 38.0. The lowest BCUT2D eigenvalue weighted by Crippen LogP contribution is -2.23. The van der Waals surface area contributed by atoms with Crippen molar-refractivity contribution in [1.29, 1.82) is 0 Å². The van der Waals surface area contributed by atoms with Crippen molar-refractivity contribution in [2.24, 2.45) is 0 Å². The molecular formula is C10H11NO6. The lowest BCUT2D eigenvalue weighted by molar-refractivity contribution is -0.384. The summed E-state index contributed by atoms with van der Waals surface area (Å²) < 4.78 is 0. The van der Waals surface area contributed by atoms with Crippen LogP contribution in [0, 0.1) is 10.1 Å². The molecule has 0 radical (unpaired) electrons. The fourth-order valence-electron chi connectivity index (χ4n) is 1.35. The van der Waals surface area contributed by atoms with E-state index < -0.39 is 23.7 Å². The molecule has 0 aliphatic heterocycles. The summed E-state index contributed by atoms with van der Waals surface area (Å²) in [6.07, 6.45) is -2.58. The SMILES string of the molecule is O=Cc1cc([N+](=O)[O-])ccc1C(O)C(O)CO. The van der Waals surface area contributed by atoms with Crippen LogP contribution in [0.1, 0.15) is 22.0 Å². The minimum atomic E-state index is -1.47. The second-order valence-electron chi connectivity index (χ2n) is 3.38. The van der Waals surface area contributed by atoms with Crippen molar-refractivity contribution in [3.05, 3.63) is 39.4 Å². The van der Waals surface area contributed by atoms with E-state index >= 15 is 0 Å². The number of non-ortho nitro benzene ring substituents is 1. The zero-order chi connectivity index (χ0) is 13.0. The van der Waals surface area contributed by atoms with Gasteiger partial charge < -0.3 is 15.3 Å². The van der Waals surface area contributed by atoms with Gasteiger partial charge in [0.05, 0.1) is 11.5 Å². The van der Waals surface area contributed by atoms with Gasteiger partial charge in [0, 0.05) is 17.7 Å². The number of benzene rings is 1. The molecule has 0 amide bonds. The van der Waals surface area contributed by atoms with Crippen LogP contribution in [0.5, 0.6) is 0 Å². The summed E-state index contributed by atoms with van der Waals surface area (Å²) in [4.78, 5) is 20.5. The third-order valence-electron chi connectivity index (χ3n) is 2.28. The molecule has 0 saturated heterocycles. The maximum atomic E-state index is 10.7. The van der Waals surface area contributed by atoms with Gasteiger partial charge in [-0.15, -0.1) is 0 Å². The summed E-state index contributed by atoms with van der Waals surface area (Å²) in [5.74, 6) is 0. The van der Waals surface area contributed by atoms with Crippen LogP contribution >= 0.6 is 0 Å². The number of nitro benzene ring substituents is 1. The number of hydrogen-bond acceptors (Lipinski definition) is 6. The van der Waals surface area contributed by atoms with Crippen LogP contribution in [0.4, 0.5) is 5.69 Å². The fourth-order valence-corrected chi connectivity index (χ4v) is 1.35. The number of hydrogen-bond donors (Lipinski definition) is 3. The maximum Gasteiger partial charge on any atom is 0.270 e. The minimum Gasteiger partial charge on any atom is -0.394 e. The first-order chi connectivity index (χ1) is 8.01. The van der Waals surface area contributed by atoms with Gasteiger partial charge in [-0.2, -0.15) is 0 Å². The Hall–Kier alpha value is -1.83. The van der Waals surface area contributed by atoms with Gasteiger partial charge in [0.1, 0.15) is 12.2 Å². The van der Waals surface area contributed by atoms with E-state index in [0.29, 0.717) is 6.29 Å². The highest BCUT2D eigenvalue weighted by Crippen LogP contribution is 2.24. The number of aliphatic hydroxyl groups is 3. The zero-order valence-corrected chi connectivity index (χ0v) is 8.68. The number of rotatable bonds is 5. The Morgan fingerprint density at radius 2 is 2.06 bits per heavy atom. The third kappa shape index (κ3) is 2.84. The molecule has 1 rings (SSSR count). The molecule has 0 aliphatic carbocycles.